The van der Waals surface area contributed by atoms with Gasteiger partial charge in [0.25, 0.3) is 5.82 Å². The first-order valence-corrected chi connectivity index (χ1v) is 6.04. The van der Waals surface area contributed by atoms with Crippen LogP contribution in [0.15, 0.2) is 29.1 Å². The minimum Gasteiger partial charge on any atom is -0.467 e. The lowest BCUT2D eigenvalue weighted by atomic mass is 10.3. The molecule has 2 aromatic heterocycles. The summed E-state index contributed by atoms with van der Waals surface area (Å²) in [4.78, 5) is 16.2. The van der Waals surface area contributed by atoms with Gasteiger partial charge in [-0.05, 0) is 12.1 Å². The summed E-state index contributed by atoms with van der Waals surface area (Å²) in [5.41, 5.74) is 0. The summed E-state index contributed by atoms with van der Waals surface area (Å²) in [6.07, 6.45) is -2.13. The quantitative estimate of drug-likeness (QED) is 0.831. The summed E-state index contributed by atoms with van der Waals surface area (Å²) in [7, 11) is 0. The van der Waals surface area contributed by atoms with Crippen molar-refractivity contribution in [3.8, 4) is 6.07 Å². The van der Waals surface area contributed by atoms with E-state index >= 15 is 0 Å². The van der Waals surface area contributed by atoms with E-state index in [2.05, 4.69) is 10.1 Å². The number of hydrogen-bond donors (Lipinski definition) is 0. The maximum absolute atomic E-state index is 12.6. The smallest absolute Gasteiger partial charge is 0.406 e. The molecule has 0 fully saturated rings. The Labute approximate surface area is 122 Å². The molecule has 0 N–H and O–H groups in total. The third-order valence-electron chi connectivity index (χ3n) is 2.58. The molecule has 0 unspecified atom stereocenters. The van der Waals surface area contributed by atoms with Crippen LogP contribution in [0.3, 0.4) is 0 Å². The van der Waals surface area contributed by atoms with Gasteiger partial charge in [-0.1, -0.05) is 0 Å². The lowest BCUT2D eigenvalue weighted by molar-refractivity contribution is -0.163. The van der Waals surface area contributed by atoms with Gasteiger partial charge >= 0.3 is 6.18 Å². The number of nitriles is 1. The van der Waals surface area contributed by atoms with Crippen molar-refractivity contribution in [1.29, 1.82) is 5.26 Å². The van der Waals surface area contributed by atoms with Crippen LogP contribution in [0.2, 0.25) is 0 Å². The summed E-state index contributed by atoms with van der Waals surface area (Å²) >= 11 is 0. The van der Waals surface area contributed by atoms with Crippen molar-refractivity contribution < 1.29 is 22.4 Å². The highest BCUT2D eigenvalue weighted by Gasteiger charge is 2.33. The number of furan rings is 1. The largest absolute Gasteiger partial charge is 0.467 e. The lowest BCUT2D eigenvalue weighted by Gasteiger charge is -2.22. The first-order chi connectivity index (χ1) is 10.4. The zero-order chi connectivity index (χ0) is 16.2. The van der Waals surface area contributed by atoms with Gasteiger partial charge < -0.3 is 9.32 Å². The number of carbonyl (C=O) groups excluding carboxylic acids is 1. The number of aromatic nitrogens is 3. The van der Waals surface area contributed by atoms with Gasteiger partial charge in [0.15, 0.2) is 0 Å². The fourth-order valence-corrected chi connectivity index (χ4v) is 1.70. The second kappa shape index (κ2) is 6.30. The maximum atomic E-state index is 12.6. The average molecular weight is 313 g/mol. The molecular formula is C12H10F3N5O2. The van der Waals surface area contributed by atoms with Crippen LogP contribution in [0.4, 0.5) is 13.2 Å². The summed E-state index contributed by atoms with van der Waals surface area (Å²) < 4.78 is 43.7. The van der Waals surface area contributed by atoms with E-state index in [1.54, 1.807) is 6.07 Å². The third-order valence-corrected chi connectivity index (χ3v) is 2.58. The van der Waals surface area contributed by atoms with E-state index in [0.29, 0.717) is 4.90 Å². The van der Waals surface area contributed by atoms with Gasteiger partial charge in [-0.15, -0.1) is 5.10 Å². The fourth-order valence-electron chi connectivity index (χ4n) is 1.70. The van der Waals surface area contributed by atoms with Crippen molar-refractivity contribution >= 4 is 5.91 Å². The first-order valence-electron chi connectivity index (χ1n) is 6.04. The van der Waals surface area contributed by atoms with Gasteiger partial charge in [0.1, 0.15) is 31.2 Å². The molecule has 2 heterocycles. The molecule has 0 saturated heterocycles. The van der Waals surface area contributed by atoms with Crippen molar-refractivity contribution in [3.63, 3.8) is 0 Å². The summed E-state index contributed by atoms with van der Waals surface area (Å²) in [5.74, 6) is -0.752. The molecule has 0 bridgehead atoms. The number of hydrogen-bond acceptors (Lipinski definition) is 5. The molecule has 0 aliphatic rings. The number of carbonyl (C=O) groups is 1. The van der Waals surface area contributed by atoms with E-state index in [1.807, 2.05) is 0 Å². The first kappa shape index (κ1) is 15.6. The van der Waals surface area contributed by atoms with E-state index in [0.717, 1.165) is 11.0 Å². The Morgan fingerprint density at radius 2 is 2.27 bits per heavy atom. The third kappa shape index (κ3) is 4.34. The Morgan fingerprint density at radius 3 is 2.82 bits per heavy atom. The summed E-state index contributed by atoms with van der Waals surface area (Å²) in [6, 6.07) is 4.65. The van der Waals surface area contributed by atoms with Gasteiger partial charge in [-0.3, -0.25) is 4.79 Å². The molecule has 7 nitrogen and oxygen atoms in total. The monoisotopic (exact) mass is 313 g/mol. The lowest BCUT2D eigenvalue weighted by Crippen LogP contribution is -2.40. The molecule has 2 aromatic rings. The molecule has 22 heavy (non-hydrogen) atoms. The van der Waals surface area contributed by atoms with E-state index in [-0.39, 0.29) is 18.1 Å². The Hall–Kier alpha value is -2.83. The SMILES string of the molecule is N#Cc1ncn(CC(=O)N(Cc2ccco2)CC(F)(F)F)n1. The van der Waals surface area contributed by atoms with Crippen LogP contribution in [0.25, 0.3) is 0 Å². The highest BCUT2D eigenvalue weighted by molar-refractivity contribution is 5.75. The highest BCUT2D eigenvalue weighted by atomic mass is 19.4. The van der Waals surface area contributed by atoms with E-state index in [9.17, 15) is 18.0 Å². The minimum atomic E-state index is -4.54. The number of rotatable bonds is 5. The van der Waals surface area contributed by atoms with Crippen LogP contribution < -0.4 is 0 Å². The molecular weight excluding hydrogens is 303 g/mol. The van der Waals surface area contributed by atoms with E-state index in [1.165, 1.54) is 18.4 Å². The van der Waals surface area contributed by atoms with Crippen LogP contribution >= 0.6 is 0 Å². The van der Waals surface area contributed by atoms with Crippen molar-refractivity contribution in [2.45, 2.75) is 19.3 Å². The van der Waals surface area contributed by atoms with E-state index in [4.69, 9.17) is 9.68 Å². The van der Waals surface area contributed by atoms with Gasteiger partial charge in [0, 0.05) is 0 Å². The predicted molar refractivity (Wildman–Crippen MR) is 64.9 cm³/mol. The van der Waals surface area contributed by atoms with Crippen LogP contribution in [0.5, 0.6) is 0 Å². The van der Waals surface area contributed by atoms with Crippen molar-refractivity contribution in [2.75, 3.05) is 6.54 Å². The van der Waals surface area contributed by atoms with Crippen LogP contribution in [-0.4, -0.2) is 38.3 Å². The number of halogens is 3. The van der Waals surface area contributed by atoms with Crippen LogP contribution in [0, 0.1) is 11.3 Å². The van der Waals surface area contributed by atoms with Crippen LogP contribution in [-0.2, 0) is 17.9 Å². The zero-order valence-electron chi connectivity index (χ0n) is 11.1. The van der Waals surface area contributed by atoms with Gasteiger partial charge in [0.2, 0.25) is 5.91 Å². The van der Waals surface area contributed by atoms with E-state index < -0.39 is 25.2 Å². The summed E-state index contributed by atoms with van der Waals surface area (Å²) in [5, 5.41) is 12.2. The van der Waals surface area contributed by atoms with Gasteiger partial charge in [-0.25, -0.2) is 9.67 Å². The molecule has 0 aromatic carbocycles. The number of alkyl halides is 3. The Balaban J connectivity index is 2.09. The molecule has 0 spiro atoms. The molecule has 0 saturated carbocycles. The van der Waals surface area contributed by atoms with Crippen molar-refractivity contribution in [2.24, 2.45) is 0 Å². The molecule has 0 aliphatic heterocycles. The normalized spacial score (nSPS) is 11.2. The number of nitrogens with zero attached hydrogens (tertiary/aromatic N) is 5. The average Bonchev–Trinajstić information content (AvgIpc) is 3.07. The van der Waals surface area contributed by atoms with Crippen molar-refractivity contribution in [1.82, 2.24) is 19.7 Å². The second-order valence-electron chi connectivity index (χ2n) is 4.32. The minimum absolute atomic E-state index is 0.166. The van der Waals surface area contributed by atoms with Gasteiger partial charge in [0.05, 0.1) is 12.8 Å². The van der Waals surface area contributed by atoms with Crippen molar-refractivity contribution in [3.05, 3.63) is 36.3 Å². The zero-order valence-corrected chi connectivity index (χ0v) is 11.1. The molecule has 0 aliphatic carbocycles. The van der Waals surface area contributed by atoms with Crippen LogP contribution in [0.1, 0.15) is 11.6 Å². The fraction of sp³-hybridized carbons (Fsp3) is 0.333. The molecule has 0 radical (unpaired) electrons. The Kier molecular flexibility index (Phi) is 4.45. The Bertz CT molecular complexity index is 672. The molecule has 116 valence electrons. The summed E-state index contributed by atoms with van der Waals surface area (Å²) in [6.45, 7) is -2.18. The molecule has 10 heteroatoms. The van der Waals surface area contributed by atoms with Gasteiger partial charge in [-0.2, -0.15) is 18.4 Å². The molecule has 2 rings (SSSR count). The highest BCUT2D eigenvalue weighted by Crippen LogP contribution is 2.18. The number of amides is 1. The standard InChI is InChI=1S/C12H10F3N5O2/c13-12(14,15)7-19(5-9-2-1-3-22-9)11(21)6-20-8-17-10(4-16)18-20/h1-3,8H,5-7H2. The predicted octanol–water partition coefficient (Wildman–Crippen LogP) is 1.33. The maximum Gasteiger partial charge on any atom is 0.406 e. The second-order valence-corrected chi connectivity index (χ2v) is 4.32. The molecule has 1 amide bonds. The molecule has 0 atom stereocenters. The Morgan fingerprint density at radius 1 is 1.50 bits per heavy atom. The topological polar surface area (TPSA) is 88.0 Å².